The maximum Gasteiger partial charge on any atom is 0.223 e. The Labute approximate surface area is 141 Å². The van der Waals surface area contributed by atoms with Gasteiger partial charge < -0.3 is 10.6 Å². The Morgan fingerprint density at radius 2 is 2.00 bits per heavy atom. The van der Waals surface area contributed by atoms with E-state index in [1.54, 1.807) is 6.07 Å². The van der Waals surface area contributed by atoms with Gasteiger partial charge in [-0.15, -0.1) is 0 Å². The predicted molar refractivity (Wildman–Crippen MR) is 90.4 cm³/mol. The molecule has 0 aromatic heterocycles. The third-order valence-electron chi connectivity index (χ3n) is 4.81. The predicted octanol–water partition coefficient (Wildman–Crippen LogP) is 3.57. The van der Waals surface area contributed by atoms with Crippen molar-refractivity contribution >= 4 is 29.1 Å². The molecule has 22 heavy (non-hydrogen) atoms. The van der Waals surface area contributed by atoms with Crippen LogP contribution in [-0.4, -0.2) is 24.0 Å². The molecule has 0 spiro atoms. The number of benzene rings is 1. The molecule has 2 aliphatic rings. The number of hydrogen-bond acceptors (Lipinski definition) is 2. The maximum atomic E-state index is 12.4. The van der Waals surface area contributed by atoms with Crippen molar-refractivity contribution in [3.8, 4) is 0 Å². The number of nitrogens with one attached hydrogen (secondary N) is 2. The van der Waals surface area contributed by atoms with Crippen molar-refractivity contribution in [1.82, 2.24) is 10.6 Å². The zero-order valence-electron chi connectivity index (χ0n) is 12.7. The van der Waals surface area contributed by atoms with Crippen LogP contribution in [0.2, 0.25) is 10.0 Å². The molecule has 0 aliphatic carbocycles. The summed E-state index contributed by atoms with van der Waals surface area (Å²) in [6.45, 7) is 1.95. The topological polar surface area (TPSA) is 41.1 Å². The Balaban J connectivity index is 1.55. The number of rotatable bonds is 4. The minimum Gasteiger partial charge on any atom is -0.353 e. The van der Waals surface area contributed by atoms with E-state index in [4.69, 9.17) is 23.2 Å². The molecule has 3 rings (SSSR count). The van der Waals surface area contributed by atoms with E-state index in [-0.39, 0.29) is 11.8 Å². The van der Waals surface area contributed by atoms with Gasteiger partial charge in [0, 0.05) is 34.1 Å². The summed E-state index contributed by atoms with van der Waals surface area (Å²) in [7, 11) is 0. The van der Waals surface area contributed by atoms with Gasteiger partial charge in [0.15, 0.2) is 0 Å². The van der Waals surface area contributed by atoms with Gasteiger partial charge in [-0.05, 0) is 49.8 Å². The molecule has 1 aromatic carbocycles. The fourth-order valence-electron chi connectivity index (χ4n) is 3.63. The van der Waals surface area contributed by atoms with Gasteiger partial charge in [0.05, 0.1) is 0 Å². The number of carbonyl (C=O) groups is 1. The van der Waals surface area contributed by atoms with E-state index in [9.17, 15) is 4.79 Å². The maximum absolute atomic E-state index is 12.4. The first-order chi connectivity index (χ1) is 10.5. The molecular weight excluding hydrogens is 319 g/mol. The smallest absolute Gasteiger partial charge is 0.223 e. The minimum absolute atomic E-state index is 0.0915. The lowest BCUT2D eigenvalue weighted by molar-refractivity contribution is -0.125. The van der Waals surface area contributed by atoms with Gasteiger partial charge >= 0.3 is 0 Å². The van der Waals surface area contributed by atoms with Crippen LogP contribution in [0.4, 0.5) is 0 Å². The lowest BCUT2D eigenvalue weighted by Gasteiger charge is -2.30. The Morgan fingerprint density at radius 1 is 1.32 bits per heavy atom. The van der Waals surface area contributed by atoms with E-state index in [1.165, 1.54) is 12.8 Å². The molecule has 2 N–H and O–H groups in total. The summed E-state index contributed by atoms with van der Waals surface area (Å²) >= 11 is 12.1. The SMILES string of the molecule is CC(Cc1ccc(Cl)cc1Cl)C(=O)NC1CC2CCC(C1)N2. The van der Waals surface area contributed by atoms with Gasteiger partial charge in [-0.2, -0.15) is 0 Å². The van der Waals surface area contributed by atoms with Crippen LogP contribution in [-0.2, 0) is 11.2 Å². The van der Waals surface area contributed by atoms with E-state index in [2.05, 4.69) is 10.6 Å². The zero-order valence-corrected chi connectivity index (χ0v) is 14.3. The third-order valence-corrected chi connectivity index (χ3v) is 5.40. The summed E-state index contributed by atoms with van der Waals surface area (Å²) < 4.78 is 0. The Hall–Kier alpha value is -0.770. The molecule has 3 nitrogen and oxygen atoms in total. The number of amides is 1. The van der Waals surface area contributed by atoms with Crippen LogP contribution >= 0.6 is 23.2 Å². The number of halogens is 2. The normalized spacial score (nSPS) is 28.4. The second-order valence-corrected chi connectivity index (χ2v) is 7.50. The summed E-state index contributed by atoms with van der Waals surface area (Å²) in [6, 6.07) is 6.94. The largest absolute Gasteiger partial charge is 0.353 e. The monoisotopic (exact) mass is 340 g/mol. The lowest BCUT2D eigenvalue weighted by atomic mass is 9.96. The van der Waals surface area contributed by atoms with Gasteiger partial charge in [0.25, 0.3) is 0 Å². The summed E-state index contributed by atoms with van der Waals surface area (Å²) in [5, 5.41) is 8.07. The summed E-state index contributed by atoms with van der Waals surface area (Å²) in [4.78, 5) is 12.4. The van der Waals surface area contributed by atoms with Crippen LogP contribution in [0.1, 0.15) is 38.2 Å². The first-order valence-electron chi connectivity index (χ1n) is 8.01. The lowest BCUT2D eigenvalue weighted by Crippen LogP contribution is -2.49. The fourth-order valence-corrected chi connectivity index (χ4v) is 4.11. The second kappa shape index (κ2) is 6.77. The molecule has 1 amide bonds. The molecule has 3 unspecified atom stereocenters. The van der Waals surface area contributed by atoms with E-state index in [0.717, 1.165) is 18.4 Å². The third kappa shape index (κ3) is 3.76. The Morgan fingerprint density at radius 3 is 2.64 bits per heavy atom. The van der Waals surface area contributed by atoms with Crippen LogP contribution in [0.3, 0.4) is 0 Å². The molecule has 0 radical (unpaired) electrons. The number of fused-ring (bicyclic) bond motifs is 2. The molecule has 0 saturated carbocycles. The molecule has 2 heterocycles. The van der Waals surface area contributed by atoms with Crippen molar-refractivity contribution in [3.63, 3.8) is 0 Å². The van der Waals surface area contributed by atoms with Crippen molar-refractivity contribution in [3.05, 3.63) is 33.8 Å². The van der Waals surface area contributed by atoms with Crippen LogP contribution in [0.5, 0.6) is 0 Å². The van der Waals surface area contributed by atoms with Crippen LogP contribution < -0.4 is 10.6 Å². The summed E-state index contributed by atoms with van der Waals surface area (Å²) in [5.74, 6) is 0.0310. The summed E-state index contributed by atoms with van der Waals surface area (Å²) in [6.07, 6.45) is 5.23. The molecule has 2 aliphatic heterocycles. The van der Waals surface area contributed by atoms with Crippen molar-refractivity contribution in [2.24, 2.45) is 5.92 Å². The molecule has 120 valence electrons. The van der Waals surface area contributed by atoms with E-state index in [1.807, 2.05) is 19.1 Å². The van der Waals surface area contributed by atoms with Gasteiger partial charge in [-0.3, -0.25) is 4.79 Å². The van der Waals surface area contributed by atoms with Crippen molar-refractivity contribution in [2.75, 3.05) is 0 Å². The van der Waals surface area contributed by atoms with E-state index >= 15 is 0 Å². The standard InChI is InChI=1S/C17H22Cl2N2O/c1-10(6-11-2-3-12(18)7-16(11)19)17(22)21-15-8-13-4-5-14(9-15)20-13/h2-3,7,10,13-15,20H,4-6,8-9H2,1H3,(H,21,22). The van der Waals surface area contributed by atoms with Crippen LogP contribution in [0, 0.1) is 5.92 Å². The molecule has 5 heteroatoms. The highest BCUT2D eigenvalue weighted by molar-refractivity contribution is 6.35. The van der Waals surface area contributed by atoms with Crippen molar-refractivity contribution in [2.45, 2.75) is 57.2 Å². The molecule has 3 atom stereocenters. The first-order valence-corrected chi connectivity index (χ1v) is 8.77. The van der Waals surface area contributed by atoms with Gasteiger partial charge in [0.1, 0.15) is 0 Å². The first kappa shape index (κ1) is 16.1. The molecule has 2 saturated heterocycles. The second-order valence-electron chi connectivity index (χ2n) is 6.66. The van der Waals surface area contributed by atoms with E-state index in [0.29, 0.717) is 34.6 Å². The van der Waals surface area contributed by atoms with Gasteiger partial charge in [-0.1, -0.05) is 36.2 Å². The van der Waals surface area contributed by atoms with E-state index < -0.39 is 0 Å². The number of hydrogen-bond donors (Lipinski definition) is 2. The minimum atomic E-state index is -0.0915. The summed E-state index contributed by atoms with van der Waals surface area (Å²) in [5.41, 5.74) is 0.971. The molecule has 2 fully saturated rings. The average molecular weight is 341 g/mol. The highest BCUT2D eigenvalue weighted by Crippen LogP contribution is 2.27. The molecular formula is C17H22Cl2N2O. The Bertz CT molecular complexity index is 552. The van der Waals surface area contributed by atoms with Gasteiger partial charge in [-0.25, -0.2) is 0 Å². The van der Waals surface area contributed by atoms with Gasteiger partial charge in [0.2, 0.25) is 5.91 Å². The highest BCUT2D eigenvalue weighted by atomic mass is 35.5. The van der Waals surface area contributed by atoms with Crippen molar-refractivity contribution < 1.29 is 4.79 Å². The van der Waals surface area contributed by atoms with Crippen molar-refractivity contribution in [1.29, 1.82) is 0 Å². The zero-order chi connectivity index (χ0) is 15.7. The quantitative estimate of drug-likeness (QED) is 0.879. The van der Waals surface area contributed by atoms with Crippen LogP contribution in [0.25, 0.3) is 0 Å². The molecule has 1 aromatic rings. The fraction of sp³-hybridized carbons (Fsp3) is 0.588. The van der Waals surface area contributed by atoms with Crippen LogP contribution in [0.15, 0.2) is 18.2 Å². The molecule has 2 bridgehead atoms. The number of piperidine rings is 1. The number of carbonyl (C=O) groups excluding carboxylic acids is 1. The average Bonchev–Trinajstić information content (AvgIpc) is 2.81. The highest BCUT2D eigenvalue weighted by Gasteiger charge is 2.34. The Kier molecular flexibility index (Phi) is 4.96.